The van der Waals surface area contributed by atoms with Gasteiger partial charge in [-0.1, -0.05) is 25.0 Å². The Labute approximate surface area is 122 Å². The highest BCUT2D eigenvalue weighted by atomic mass is 16.2. The molecule has 0 unspecified atom stereocenters. The van der Waals surface area contributed by atoms with E-state index in [1.165, 1.54) is 4.90 Å². The summed E-state index contributed by atoms with van der Waals surface area (Å²) in [5, 5.41) is 0. The SMILES string of the molecule is O=C1CC2(CCCC2)CC(=O)N1c1nc2ccccc2[nH]1. The molecule has 5 nitrogen and oxygen atoms in total. The highest BCUT2D eigenvalue weighted by Gasteiger charge is 2.46. The third kappa shape index (κ3) is 1.95. The Morgan fingerprint density at radius 3 is 2.38 bits per heavy atom. The van der Waals surface area contributed by atoms with E-state index in [1.807, 2.05) is 24.3 Å². The molecule has 1 spiro atoms. The fourth-order valence-electron chi connectivity index (χ4n) is 3.76. The van der Waals surface area contributed by atoms with Crippen LogP contribution >= 0.6 is 0 Å². The molecular weight excluding hydrogens is 266 g/mol. The Bertz CT molecular complexity index is 675. The van der Waals surface area contributed by atoms with Crippen molar-refractivity contribution in [2.75, 3.05) is 4.90 Å². The number of hydrogen-bond acceptors (Lipinski definition) is 3. The number of piperidine rings is 1. The van der Waals surface area contributed by atoms with Crippen LogP contribution in [0.5, 0.6) is 0 Å². The van der Waals surface area contributed by atoms with E-state index in [0.717, 1.165) is 36.7 Å². The van der Waals surface area contributed by atoms with E-state index in [2.05, 4.69) is 9.97 Å². The van der Waals surface area contributed by atoms with Crippen molar-refractivity contribution in [3.05, 3.63) is 24.3 Å². The standard InChI is InChI=1S/C16H17N3O2/c20-13-9-16(7-3-4-8-16)10-14(21)19(13)15-17-11-5-1-2-6-12(11)18-15/h1-2,5-6H,3-4,7-10H2,(H,17,18). The number of H-pyrrole nitrogens is 1. The summed E-state index contributed by atoms with van der Waals surface area (Å²) in [6, 6.07) is 7.55. The first-order valence-corrected chi connectivity index (χ1v) is 7.47. The van der Waals surface area contributed by atoms with Gasteiger partial charge in [0.2, 0.25) is 17.8 Å². The van der Waals surface area contributed by atoms with Crippen LogP contribution in [-0.4, -0.2) is 21.8 Å². The first-order valence-electron chi connectivity index (χ1n) is 7.47. The number of carbonyl (C=O) groups is 2. The maximum Gasteiger partial charge on any atom is 0.236 e. The van der Waals surface area contributed by atoms with Crippen LogP contribution in [0.15, 0.2) is 24.3 Å². The monoisotopic (exact) mass is 283 g/mol. The molecule has 1 aliphatic heterocycles. The molecule has 1 N–H and O–H groups in total. The lowest BCUT2D eigenvalue weighted by atomic mass is 9.76. The van der Waals surface area contributed by atoms with Gasteiger partial charge in [-0.15, -0.1) is 0 Å². The lowest BCUT2D eigenvalue weighted by Crippen LogP contribution is -2.47. The lowest BCUT2D eigenvalue weighted by molar-refractivity contribution is -0.133. The Morgan fingerprint density at radius 1 is 1.05 bits per heavy atom. The Balaban J connectivity index is 1.69. The Morgan fingerprint density at radius 2 is 1.71 bits per heavy atom. The van der Waals surface area contributed by atoms with Gasteiger partial charge in [-0.2, -0.15) is 0 Å². The molecule has 0 radical (unpaired) electrons. The van der Waals surface area contributed by atoms with Crippen LogP contribution in [0.2, 0.25) is 0 Å². The minimum atomic E-state index is -0.118. The number of aromatic nitrogens is 2. The van der Waals surface area contributed by atoms with Gasteiger partial charge in [-0.25, -0.2) is 9.88 Å². The highest BCUT2D eigenvalue weighted by molar-refractivity contribution is 6.16. The molecule has 1 aromatic carbocycles. The maximum absolute atomic E-state index is 12.5. The molecule has 1 aromatic heterocycles. The van der Waals surface area contributed by atoms with Crippen molar-refractivity contribution >= 4 is 28.8 Å². The number of amides is 2. The summed E-state index contributed by atoms with van der Waals surface area (Å²) in [6.45, 7) is 0. The number of imide groups is 1. The number of para-hydroxylation sites is 2. The predicted octanol–water partition coefficient (Wildman–Crippen LogP) is 2.78. The van der Waals surface area contributed by atoms with Gasteiger partial charge in [-0.3, -0.25) is 9.59 Å². The minimum Gasteiger partial charge on any atom is -0.323 e. The second-order valence-corrected chi connectivity index (χ2v) is 6.26. The summed E-state index contributed by atoms with van der Waals surface area (Å²) in [5.74, 6) is 0.124. The van der Waals surface area contributed by atoms with Crippen molar-refractivity contribution in [1.82, 2.24) is 9.97 Å². The van der Waals surface area contributed by atoms with Crippen molar-refractivity contribution in [1.29, 1.82) is 0 Å². The van der Waals surface area contributed by atoms with E-state index in [1.54, 1.807) is 0 Å². The van der Waals surface area contributed by atoms with Gasteiger partial charge < -0.3 is 4.98 Å². The van der Waals surface area contributed by atoms with E-state index in [-0.39, 0.29) is 17.2 Å². The minimum absolute atomic E-state index is 0.0727. The number of rotatable bonds is 1. The van der Waals surface area contributed by atoms with Crippen LogP contribution in [0.4, 0.5) is 5.95 Å². The molecule has 21 heavy (non-hydrogen) atoms. The molecule has 108 valence electrons. The van der Waals surface area contributed by atoms with Gasteiger partial charge >= 0.3 is 0 Å². The number of nitrogens with zero attached hydrogens (tertiary/aromatic N) is 2. The Hall–Kier alpha value is -2.17. The molecule has 2 aliphatic rings. The van der Waals surface area contributed by atoms with Crippen molar-refractivity contribution in [3.8, 4) is 0 Å². The summed E-state index contributed by atoms with van der Waals surface area (Å²) < 4.78 is 0. The van der Waals surface area contributed by atoms with Crippen LogP contribution < -0.4 is 4.90 Å². The topological polar surface area (TPSA) is 66.1 Å². The van der Waals surface area contributed by atoms with E-state index in [0.29, 0.717) is 18.8 Å². The van der Waals surface area contributed by atoms with Crippen LogP contribution in [-0.2, 0) is 9.59 Å². The van der Waals surface area contributed by atoms with Gasteiger partial charge in [-0.05, 0) is 30.4 Å². The number of benzene rings is 1. The van der Waals surface area contributed by atoms with E-state index < -0.39 is 0 Å². The average molecular weight is 283 g/mol. The second-order valence-electron chi connectivity index (χ2n) is 6.26. The van der Waals surface area contributed by atoms with Crippen LogP contribution in [0.25, 0.3) is 11.0 Å². The molecule has 1 aliphatic carbocycles. The Kier molecular flexibility index (Phi) is 2.64. The molecule has 2 aromatic rings. The number of anilines is 1. The zero-order chi connectivity index (χ0) is 14.4. The number of carbonyl (C=O) groups excluding carboxylic acids is 2. The zero-order valence-corrected chi connectivity index (χ0v) is 11.8. The number of aromatic amines is 1. The molecule has 0 atom stereocenters. The van der Waals surface area contributed by atoms with Crippen LogP contribution in [0, 0.1) is 5.41 Å². The van der Waals surface area contributed by atoms with Gasteiger partial charge in [0, 0.05) is 12.8 Å². The summed E-state index contributed by atoms with van der Waals surface area (Å²) in [7, 11) is 0. The van der Waals surface area contributed by atoms with Crippen molar-refractivity contribution in [2.24, 2.45) is 5.41 Å². The predicted molar refractivity (Wildman–Crippen MR) is 78.7 cm³/mol. The fraction of sp³-hybridized carbons (Fsp3) is 0.438. The molecule has 2 amide bonds. The van der Waals surface area contributed by atoms with Crippen LogP contribution in [0.1, 0.15) is 38.5 Å². The molecule has 5 heteroatoms. The van der Waals surface area contributed by atoms with Gasteiger partial charge in [0.15, 0.2) is 0 Å². The number of nitrogens with one attached hydrogen (secondary N) is 1. The summed E-state index contributed by atoms with van der Waals surface area (Å²) in [4.78, 5) is 33.7. The molecule has 4 rings (SSSR count). The molecular formula is C16H17N3O2. The van der Waals surface area contributed by atoms with E-state index in [4.69, 9.17) is 0 Å². The normalized spacial score (nSPS) is 21.6. The average Bonchev–Trinajstić information content (AvgIpc) is 3.04. The van der Waals surface area contributed by atoms with Gasteiger partial charge in [0.05, 0.1) is 11.0 Å². The largest absolute Gasteiger partial charge is 0.323 e. The maximum atomic E-state index is 12.5. The van der Waals surface area contributed by atoms with Crippen molar-refractivity contribution < 1.29 is 9.59 Å². The molecule has 0 bridgehead atoms. The van der Waals surface area contributed by atoms with Crippen LogP contribution in [0.3, 0.4) is 0 Å². The van der Waals surface area contributed by atoms with E-state index in [9.17, 15) is 9.59 Å². The molecule has 2 heterocycles. The summed E-state index contributed by atoms with van der Waals surface area (Å²) in [6.07, 6.45) is 5.19. The zero-order valence-electron chi connectivity index (χ0n) is 11.8. The van der Waals surface area contributed by atoms with Gasteiger partial charge in [0.1, 0.15) is 0 Å². The van der Waals surface area contributed by atoms with Gasteiger partial charge in [0.25, 0.3) is 0 Å². The third-order valence-corrected chi connectivity index (χ3v) is 4.80. The lowest BCUT2D eigenvalue weighted by Gasteiger charge is -2.36. The first-order chi connectivity index (χ1) is 10.2. The third-order valence-electron chi connectivity index (χ3n) is 4.80. The molecule has 2 fully saturated rings. The number of fused-ring (bicyclic) bond motifs is 1. The highest BCUT2D eigenvalue weighted by Crippen LogP contribution is 2.47. The smallest absolute Gasteiger partial charge is 0.236 e. The first kappa shape index (κ1) is 12.6. The van der Waals surface area contributed by atoms with Crippen molar-refractivity contribution in [3.63, 3.8) is 0 Å². The number of hydrogen-bond donors (Lipinski definition) is 1. The molecule has 1 saturated heterocycles. The molecule has 1 saturated carbocycles. The quantitative estimate of drug-likeness (QED) is 0.818. The fourth-order valence-corrected chi connectivity index (χ4v) is 3.76. The summed E-state index contributed by atoms with van der Waals surface area (Å²) >= 11 is 0. The van der Waals surface area contributed by atoms with Crippen molar-refractivity contribution in [2.45, 2.75) is 38.5 Å². The second kappa shape index (κ2) is 4.41. The number of imidazole rings is 1. The van der Waals surface area contributed by atoms with E-state index >= 15 is 0 Å². The summed E-state index contributed by atoms with van der Waals surface area (Å²) in [5.41, 5.74) is 1.54.